The molecule has 1 heterocycles. The first-order valence-electron chi connectivity index (χ1n) is 7.93. The molecule has 0 aliphatic heterocycles. The number of aliphatic imine (C=N–C) groups is 1. The zero-order valence-electron chi connectivity index (χ0n) is 13.4. The minimum Gasteiger partial charge on any atom is -0.357 e. The van der Waals surface area contributed by atoms with Gasteiger partial charge in [-0.2, -0.15) is 0 Å². The first kappa shape index (κ1) is 16.3. The first-order chi connectivity index (χ1) is 10.7. The Bertz CT molecular complexity index is 525. The Morgan fingerprint density at radius 3 is 2.86 bits per heavy atom. The summed E-state index contributed by atoms with van der Waals surface area (Å²) in [5, 5.41) is 9.18. The van der Waals surface area contributed by atoms with Gasteiger partial charge in [-0.1, -0.05) is 6.07 Å². The van der Waals surface area contributed by atoms with Gasteiger partial charge in [-0.25, -0.2) is 4.98 Å². The highest BCUT2D eigenvalue weighted by Crippen LogP contribution is 2.28. The fourth-order valence-corrected chi connectivity index (χ4v) is 1.98. The maximum Gasteiger partial charge on any atom is 0.227 e. The van der Waals surface area contributed by atoms with Crippen molar-refractivity contribution in [2.75, 3.05) is 25.0 Å². The molecule has 6 nitrogen and oxygen atoms in total. The number of pyridine rings is 1. The van der Waals surface area contributed by atoms with Gasteiger partial charge >= 0.3 is 0 Å². The molecule has 1 fully saturated rings. The lowest BCUT2D eigenvalue weighted by Gasteiger charge is -2.11. The summed E-state index contributed by atoms with van der Waals surface area (Å²) in [4.78, 5) is 20.7. The Labute approximate surface area is 131 Å². The van der Waals surface area contributed by atoms with Crippen LogP contribution in [0.4, 0.5) is 5.82 Å². The van der Waals surface area contributed by atoms with Crippen molar-refractivity contribution in [3.63, 3.8) is 0 Å². The number of nitrogens with one attached hydrogen (secondary N) is 3. The van der Waals surface area contributed by atoms with Gasteiger partial charge in [0.1, 0.15) is 5.82 Å². The van der Waals surface area contributed by atoms with E-state index in [1.165, 1.54) is 12.8 Å². The van der Waals surface area contributed by atoms with E-state index in [9.17, 15) is 4.79 Å². The van der Waals surface area contributed by atoms with Gasteiger partial charge in [0, 0.05) is 31.7 Å². The molecule has 3 N–H and O–H groups in total. The maximum absolute atomic E-state index is 11.9. The lowest BCUT2D eigenvalue weighted by molar-refractivity contribution is -0.116. The molecule has 2 rings (SSSR count). The standard InChI is InChI=1S/C16H25N5O/c1-3-17-16(19-11-13-7-8-13)18-10-9-15(22)21-14-6-4-5-12(2)20-14/h4-6,13H,3,7-11H2,1-2H3,(H2,17,18,19)(H,20,21,22). The highest BCUT2D eigenvalue weighted by molar-refractivity contribution is 5.90. The Hall–Kier alpha value is -2.11. The van der Waals surface area contributed by atoms with E-state index >= 15 is 0 Å². The molecular weight excluding hydrogens is 278 g/mol. The topological polar surface area (TPSA) is 78.4 Å². The molecule has 0 saturated heterocycles. The normalized spacial score (nSPS) is 14.5. The summed E-state index contributed by atoms with van der Waals surface area (Å²) >= 11 is 0. The number of carbonyl (C=O) groups excluding carboxylic acids is 1. The van der Waals surface area contributed by atoms with E-state index in [1.807, 2.05) is 26.0 Å². The molecule has 120 valence electrons. The minimum absolute atomic E-state index is 0.0522. The van der Waals surface area contributed by atoms with Crippen LogP contribution in [-0.4, -0.2) is 36.5 Å². The van der Waals surface area contributed by atoms with Gasteiger partial charge in [-0.05, 0) is 44.7 Å². The van der Waals surface area contributed by atoms with E-state index in [4.69, 9.17) is 0 Å². The van der Waals surface area contributed by atoms with E-state index in [1.54, 1.807) is 6.07 Å². The predicted octanol–water partition coefficient (Wildman–Crippen LogP) is 1.68. The Morgan fingerprint density at radius 2 is 2.18 bits per heavy atom. The monoisotopic (exact) mass is 303 g/mol. The molecule has 0 bridgehead atoms. The summed E-state index contributed by atoms with van der Waals surface area (Å²) in [6.45, 7) is 6.17. The van der Waals surface area contributed by atoms with E-state index < -0.39 is 0 Å². The van der Waals surface area contributed by atoms with Gasteiger partial charge in [0.2, 0.25) is 5.91 Å². The zero-order valence-corrected chi connectivity index (χ0v) is 13.4. The number of hydrogen-bond acceptors (Lipinski definition) is 3. The molecule has 0 radical (unpaired) electrons. The number of nitrogens with zero attached hydrogens (tertiary/aromatic N) is 2. The van der Waals surface area contributed by atoms with Crippen LogP contribution in [0.1, 0.15) is 31.9 Å². The molecule has 0 aromatic carbocycles. The summed E-state index contributed by atoms with van der Waals surface area (Å²) in [6.07, 6.45) is 2.95. The summed E-state index contributed by atoms with van der Waals surface area (Å²) in [7, 11) is 0. The molecule has 1 aliphatic carbocycles. The van der Waals surface area contributed by atoms with Crippen LogP contribution in [0, 0.1) is 12.8 Å². The lowest BCUT2D eigenvalue weighted by Crippen LogP contribution is -2.38. The number of anilines is 1. The molecule has 1 aliphatic rings. The van der Waals surface area contributed by atoms with Crippen LogP contribution < -0.4 is 16.0 Å². The van der Waals surface area contributed by atoms with Gasteiger partial charge in [-0.15, -0.1) is 0 Å². The smallest absolute Gasteiger partial charge is 0.227 e. The third-order valence-corrected chi connectivity index (χ3v) is 3.35. The number of rotatable bonds is 7. The highest BCUT2D eigenvalue weighted by atomic mass is 16.1. The van der Waals surface area contributed by atoms with E-state index in [0.29, 0.717) is 18.8 Å². The van der Waals surface area contributed by atoms with Crippen molar-refractivity contribution in [3.05, 3.63) is 23.9 Å². The number of guanidine groups is 1. The molecule has 1 aromatic rings. The van der Waals surface area contributed by atoms with Gasteiger partial charge in [0.05, 0.1) is 0 Å². The van der Waals surface area contributed by atoms with Crippen molar-refractivity contribution in [2.24, 2.45) is 10.9 Å². The lowest BCUT2D eigenvalue weighted by atomic mass is 10.3. The van der Waals surface area contributed by atoms with Crippen molar-refractivity contribution < 1.29 is 4.79 Å². The minimum atomic E-state index is -0.0522. The molecular formula is C16H25N5O. The second-order valence-electron chi connectivity index (χ2n) is 5.55. The van der Waals surface area contributed by atoms with Crippen LogP contribution in [0.15, 0.2) is 23.2 Å². The van der Waals surface area contributed by atoms with E-state index in [2.05, 4.69) is 25.9 Å². The highest BCUT2D eigenvalue weighted by Gasteiger charge is 2.20. The molecule has 6 heteroatoms. The van der Waals surface area contributed by atoms with Crippen molar-refractivity contribution in [1.29, 1.82) is 0 Å². The number of aromatic nitrogens is 1. The van der Waals surface area contributed by atoms with Crippen LogP contribution in [0.3, 0.4) is 0 Å². The summed E-state index contributed by atoms with van der Waals surface area (Å²) < 4.78 is 0. The number of hydrogen-bond donors (Lipinski definition) is 3. The fraction of sp³-hybridized carbons (Fsp3) is 0.562. The SMILES string of the molecule is CCNC(=NCC1CC1)NCCC(=O)Nc1cccc(C)n1. The molecule has 22 heavy (non-hydrogen) atoms. The van der Waals surface area contributed by atoms with Crippen molar-refractivity contribution in [2.45, 2.75) is 33.1 Å². The average Bonchev–Trinajstić information content (AvgIpc) is 3.29. The van der Waals surface area contributed by atoms with E-state index in [-0.39, 0.29) is 5.91 Å². The Balaban J connectivity index is 1.71. The van der Waals surface area contributed by atoms with Crippen LogP contribution in [0.5, 0.6) is 0 Å². The fourth-order valence-electron chi connectivity index (χ4n) is 1.98. The van der Waals surface area contributed by atoms with Crippen LogP contribution in [0.25, 0.3) is 0 Å². The molecule has 1 aromatic heterocycles. The van der Waals surface area contributed by atoms with Gasteiger partial charge < -0.3 is 16.0 Å². The second-order valence-corrected chi connectivity index (χ2v) is 5.55. The van der Waals surface area contributed by atoms with Crippen LogP contribution >= 0.6 is 0 Å². The third kappa shape index (κ3) is 6.11. The van der Waals surface area contributed by atoms with Crippen molar-refractivity contribution in [3.8, 4) is 0 Å². The largest absolute Gasteiger partial charge is 0.357 e. The molecule has 0 unspecified atom stereocenters. The number of carbonyl (C=O) groups is 1. The number of amides is 1. The van der Waals surface area contributed by atoms with Crippen molar-refractivity contribution in [1.82, 2.24) is 15.6 Å². The number of aryl methyl sites for hydroxylation is 1. The Kier molecular flexibility index (Phi) is 6.18. The first-order valence-corrected chi connectivity index (χ1v) is 7.93. The predicted molar refractivity (Wildman–Crippen MR) is 88.9 cm³/mol. The second kappa shape index (κ2) is 8.36. The zero-order chi connectivity index (χ0) is 15.8. The van der Waals surface area contributed by atoms with Gasteiger partial charge in [0.15, 0.2) is 5.96 Å². The summed E-state index contributed by atoms with van der Waals surface area (Å²) in [6, 6.07) is 5.57. The van der Waals surface area contributed by atoms with E-state index in [0.717, 1.165) is 30.7 Å². The van der Waals surface area contributed by atoms with Crippen LogP contribution in [0.2, 0.25) is 0 Å². The summed E-state index contributed by atoms with van der Waals surface area (Å²) in [5.74, 6) is 2.09. The molecule has 1 amide bonds. The molecule has 1 saturated carbocycles. The Morgan fingerprint density at radius 1 is 1.36 bits per heavy atom. The molecule has 0 spiro atoms. The average molecular weight is 303 g/mol. The van der Waals surface area contributed by atoms with Crippen LogP contribution in [-0.2, 0) is 4.79 Å². The maximum atomic E-state index is 11.9. The summed E-state index contributed by atoms with van der Waals surface area (Å²) in [5.41, 5.74) is 0.887. The van der Waals surface area contributed by atoms with Crippen molar-refractivity contribution >= 4 is 17.7 Å². The third-order valence-electron chi connectivity index (χ3n) is 3.35. The van der Waals surface area contributed by atoms with Gasteiger partial charge in [0.25, 0.3) is 0 Å². The quantitative estimate of drug-likeness (QED) is 0.529. The van der Waals surface area contributed by atoms with Gasteiger partial charge in [-0.3, -0.25) is 9.79 Å². The molecule has 0 atom stereocenters.